The van der Waals surface area contributed by atoms with Gasteiger partial charge in [-0.2, -0.15) is 0 Å². The molecular formula is C24H32N4O4S. The topological polar surface area (TPSA) is 82.2 Å². The highest BCUT2D eigenvalue weighted by Gasteiger charge is 2.26. The molecule has 2 aliphatic heterocycles. The molecule has 33 heavy (non-hydrogen) atoms. The van der Waals surface area contributed by atoms with Crippen molar-refractivity contribution in [3.8, 4) is 5.75 Å². The normalized spacial score (nSPS) is 17.1. The summed E-state index contributed by atoms with van der Waals surface area (Å²) in [6, 6.07) is 15.2. The largest absolute Gasteiger partial charge is 0.495 e. The van der Waals surface area contributed by atoms with Crippen LogP contribution in [-0.4, -0.2) is 71.4 Å². The summed E-state index contributed by atoms with van der Waals surface area (Å²) >= 11 is 0. The van der Waals surface area contributed by atoms with E-state index in [1.807, 2.05) is 36.4 Å². The van der Waals surface area contributed by atoms with Crippen LogP contribution >= 0.6 is 0 Å². The number of nitrogens with one attached hydrogen (secondary N) is 1. The Morgan fingerprint density at radius 3 is 2.21 bits per heavy atom. The number of rotatable bonds is 7. The van der Waals surface area contributed by atoms with Gasteiger partial charge in [-0.25, -0.2) is 8.42 Å². The zero-order chi connectivity index (χ0) is 23.3. The molecule has 2 saturated heterocycles. The van der Waals surface area contributed by atoms with Crippen LogP contribution < -0.4 is 19.3 Å². The lowest BCUT2D eigenvalue weighted by Gasteiger charge is -2.36. The molecule has 0 aromatic heterocycles. The number of anilines is 3. The number of carbonyl (C=O) groups excluding carboxylic acids is 1. The van der Waals surface area contributed by atoms with Gasteiger partial charge >= 0.3 is 0 Å². The highest BCUT2D eigenvalue weighted by molar-refractivity contribution is 7.93. The van der Waals surface area contributed by atoms with E-state index in [9.17, 15) is 13.2 Å². The van der Waals surface area contributed by atoms with Gasteiger partial charge in [-0.1, -0.05) is 12.1 Å². The molecular weight excluding hydrogens is 440 g/mol. The van der Waals surface area contributed by atoms with Crippen molar-refractivity contribution in [1.29, 1.82) is 0 Å². The number of amides is 1. The first-order chi connectivity index (χ1) is 15.9. The lowest BCUT2D eigenvalue weighted by molar-refractivity contribution is -0.128. The third-order valence-electron chi connectivity index (χ3n) is 6.23. The van der Waals surface area contributed by atoms with Crippen LogP contribution in [0, 0.1) is 0 Å². The fourth-order valence-corrected chi connectivity index (χ4v) is 5.52. The standard InChI is InChI=1S/C24H32N4O4S/c1-32-23-8-4-3-7-22(23)27-15-17-28(18-16-27)24(29)19-33(30,31)25-20-9-11-21(12-10-20)26-13-5-2-6-14-26/h3-4,7-12,25H,2,5-6,13-19H2,1H3. The Balaban J connectivity index is 1.30. The van der Waals surface area contributed by atoms with Gasteiger partial charge in [-0.05, 0) is 55.7 Å². The van der Waals surface area contributed by atoms with Crippen molar-refractivity contribution in [2.24, 2.45) is 0 Å². The van der Waals surface area contributed by atoms with E-state index in [0.29, 0.717) is 31.9 Å². The minimum atomic E-state index is -3.79. The molecule has 2 aromatic carbocycles. The molecule has 2 aliphatic rings. The maximum atomic E-state index is 12.7. The molecule has 178 valence electrons. The van der Waals surface area contributed by atoms with Gasteiger partial charge in [0, 0.05) is 50.6 Å². The van der Waals surface area contributed by atoms with Gasteiger partial charge in [0.2, 0.25) is 15.9 Å². The zero-order valence-electron chi connectivity index (χ0n) is 19.1. The first kappa shape index (κ1) is 23.2. The highest BCUT2D eigenvalue weighted by atomic mass is 32.2. The maximum Gasteiger partial charge on any atom is 0.241 e. The minimum absolute atomic E-state index is 0.382. The van der Waals surface area contributed by atoms with Crippen LogP contribution in [0.4, 0.5) is 17.1 Å². The number of hydrogen-bond donors (Lipinski definition) is 1. The van der Waals surface area contributed by atoms with Crippen LogP contribution in [0.1, 0.15) is 19.3 Å². The SMILES string of the molecule is COc1ccccc1N1CCN(C(=O)CS(=O)(=O)Nc2ccc(N3CCCCC3)cc2)CC1. The van der Waals surface area contributed by atoms with Crippen molar-refractivity contribution in [3.63, 3.8) is 0 Å². The van der Waals surface area contributed by atoms with Gasteiger partial charge in [0.1, 0.15) is 11.5 Å². The van der Waals surface area contributed by atoms with Crippen molar-refractivity contribution in [2.75, 3.05) is 66.7 Å². The van der Waals surface area contributed by atoms with Crippen molar-refractivity contribution < 1.29 is 17.9 Å². The van der Waals surface area contributed by atoms with Crippen LogP contribution in [0.15, 0.2) is 48.5 Å². The van der Waals surface area contributed by atoms with Gasteiger partial charge in [0.25, 0.3) is 0 Å². The molecule has 0 bridgehead atoms. The summed E-state index contributed by atoms with van der Waals surface area (Å²) in [5, 5.41) is 0. The van der Waals surface area contributed by atoms with E-state index in [2.05, 4.69) is 14.5 Å². The average Bonchev–Trinajstić information content (AvgIpc) is 2.84. The lowest BCUT2D eigenvalue weighted by Crippen LogP contribution is -2.50. The number of benzene rings is 2. The number of sulfonamides is 1. The Morgan fingerprint density at radius 1 is 0.879 bits per heavy atom. The van der Waals surface area contributed by atoms with Crippen LogP contribution in [0.3, 0.4) is 0 Å². The van der Waals surface area contributed by atoms with Gasteiger partial charge < -0.3 is 19.4 Å². The smallest absolute Gasteiger partial charge is 0.241 e. The molecule has 1 amide bonds. The molecule has 8 nitrogen and oxygen atoms in total. The zero-order valence-corrected chi connectivity index (χ0v) is 19.9. The van der Waals surface area contributed by atoms with E-state index in [-0.39, 0.29) is 5.91 Å². The van der Waals surface area contributed by atoms with Crippen molar-refractivity contribution in [3.05, 3.63) is 48.5 Å². The molecule has 2 aromatic rings. The summed E-state index contributed by atoms with van der Waals surface area (Å²) in [7, 11) is -2.15. The quantitative estimate of drug-likeness (QED) is 0.667. The van der Waals surface area contributed by atoms with Crippen molar-refractivity contribution >= 4 is 33.0 Å². The monoisotopic (exact) mass is 472 g/mol. The number of ether oxygens (including phenoxy) is 1. The predicted octanol–water partition coefficient (Wildman–Crippen LogP) is 2.78. The number of para-hydroxylation sites is 2. The van der Waals surface area contributed by atoms with Crippen molar-refractivity contribution in [1.82, 2.24) is 4.90 Å². The molecule has 0 atom stereocenters. The second kappa shape index (κ2) is 10.3. The maximum absolute atomic E-state index is 12.7. The van der Waals surface area contributed by atoms with E-state index >= 15 is 0 Å². The molecule has 0 radical (unpaired) electrons. The molecule has 0 saturated carbocycles. The summed E-state index contributed by atoms with van der Waals surface area (Å²) in [5.74, 6) is -0.155. The Labute approximate surface area is 196 Å². The van der Waals surface area contributed by atoms with Crippen molar-refractivity contribution in [2.45, 2.75) is 19.3 Å². The molecule has 0 spiro atoms. The summed E-state index contributed by atoms with van der Waals surface area (Å²) in [6.07, 6.45) is 3.63. The molecule has 0 aliphatic carbocycles. The van der Waals surface area contributed by atoms with Gasteiger partial charge in [0.05, 0.1) is 12.8 Å². The Morgan fingerprint density at radius 2 is 1.55 bits per heavy atom. The van der Waals surface area contributed by atoms with Crippen LogP contribution in [0.5, 0.6) is 5.75 Å². The fourth-order valence-electron chi connectivity index (χ4n) is 4.45. The molecule has 0 unspecified atom stereocenters. The number of piperazine rings is 1. The minimum Gasteiger partial charge on any atom is -0.495 e. The number of carbonyl (C=O) groups is 1. The number of piperidine rings is 1. The van der Waals surface area contributed by atoms with E-state index in [1.165, 1.54) is 19.3 Å². The summed E-state index contributed by atoms with van der Waals surface area (Å²) in [5.41, 5.74) is 2.56. The predicted molar refractivity (Wildman–Crippen MR) is 132 cm³/mol. The third-order valence-corrected chi connectivity index (χ3v) is 7.41. The molecule has 2 fully saturated rings. The van der Waals surface area contributed by atoms with E-state index in [1.54, 1.807) is 24.1 Å². The van der Waals surface area contributed by atoms with Gasteiger partial charge in [-0.15, -0.1) is 0 Å². The summed E-state index contributed by atoms with van der Waals surface area (Å²) in [4.78, 5) is 18.8. The molecule has 9 heteroatoms. The number of nitrogens with zero attached hydrogens (tertiary/aromatic N) is 3. The van der Waals surface area contributed by atoms with Gasteiger partial charge in [-0.3, -0.25) is 9.52 Å². The average molecular weight is 473 g/mol. The van der Waals surface area contributed by atoms with E-state index in [0.717, 1.165) is 30.2 Å². The third kappa shape index (κ3) is 5.90. The summed E-state index contributed by atoms with van der Waals surface area (Å²) in [6.45, 7) is 4.25. The second-order valence-corrected chi connectivity index (χ2v) is 10.2. The Hall–Kier alpha value is -2.94. The summed E-state index contributed by atoms with van der Waals surface area (Å²) < 4.78 is 33.2. The van der Waals surface area contributed by atoms with E-state index < -0.39 is 15.8 Å². The second-order valence-electron chi connectivity index (χ2n) is 8.50. The molecule has 1 N–H and O–H groups in total. The highest BCUT2D eigenvalue weighted by Crippen LogP contribution is 2.28. The van der Waals surface area contributed by atoms with Crippen LogP contribution in [-0.2, 0) is 14.8 Å². The van der Waals surface area contributed by atoms with E-state index in [4.69, 9.17) is 4.74 Å². The first-order valence-electron chi connectivity index (χ1n) is 11.5. The number of hydrogen-bond acceptors (Lipinski definition) is 6. The fraction of sp³-hybridized carbons (Fsp3) is 0.458. The first-order valence-corrected chi connectivity index (χ1v) is 13.1. The lowest BCUT2D eigenvalue weighted by atomic mass is 10.1. The van der Waals surface area contributed by atoms with Crippen LogP contribution in [0.25, 0.3) is 0 Å². The van der Waals surface area contributed by atoms with Crippen LogP contribution in [0.2, 0.25) is 0 Å². The number of methoxy groups -OCH3 is 1. The Kier molecular flexibility index (Phi) is 7.27. The molecule has 2 heterocycles. The Bertz CT molecular complexity index is 1040. The molecule has 4 rings (SSSR count). The van der Waals surface area contributed by atoms with Gasteiger partial charge in [0.15, 0.2) is 0 Å².